The number of piperazine rings is 1. The summed E-state index contributed by atoms with van der Waals surface area (Å²) in [6.45, 7) is 6.37. The van der Waals surface area contributed by atoms with Crippen molar-refractivity contribution in [2.75, 3.05) is 55.6 Å². The Bertz CT molecular complexity index is 974. The fourth-order valence-electron chi connectivity index (χ4n) is 4.79. The summed E-state index contributed by atoms with van der Waals surface area (Å²) in [5, 5.41) is 3.91. The van der Waals surface area contributed by atoms with E-state index in [4.69, 9.17) is 11.6 Å². The molecule has 0 radical (unpaired) electrons. The van der Waals surface area contributed by atoms with E-state index in [2.05, 4.69) is 32.1 Å². The van der Waals surface area contributed by atoms with Crippen LogP contribution in [-0.4, -0.2) is 68.2 Å². The fourth-order valence-corrected chi connectivity index (χ4v) is 5.45. The highest BCUT2D eigenvalue weighted by molar-refractivity contribution is 8.00. The lowest BCUT2D eigenvalue weighted by atomic mass is 10.0. The number of anilines is 2. The van der Waals surface area contributed by atoms with Gasteiger partial charge < -0.3 is 15.1 Å². The number of carbonyl (C=O) groups is 1. The Morgan fingerprint density at radius 3 is 2.03 bits per heavy atom. The Hall–Kier alpha value is -2.10. The molecule has 36 heavy (non-hydrogen) atoms. The molecule has 0 bridgehead atoms. The summed E-state index contributed by atoms with van der Waals surface area (Å²) in [6, 6.07) is 14.6. The maximum atomic E-state index is 12.5. The van der Waals surface area contributed by atoms with Crippen LogP contribution in [0.2, 0.25) is 5.02 Å². The van der Waals surface area contributed by atoms with Gasteiger partial charge in [0.2, 0.25) is 5.91 Å². The lowest BCUT2D eigenvalue weighted by Crippen LogP contribution is -2.47. The van der Waals surface area contributed by atoms with Gasteiger partial charge in [0.15, 0.2) is 0 Å². The molecule has 2 aromatic carbocycles. The van der Waals surface area contributed by atoms with Gasteiger partial charge in [-0.05, 0) is 86.1 Å². The number of amides is 1. The maximum Gasteiger partial charge on any atom is 0.446 e. The number of rotatable bonds is 8. The second kappa shape index (κ2) is 12.4. The van der Waals surface area contributed by atoms with Crippen LogP contribution >= 0.6 is 23.4 Å². The topological polar surface area (TPSA) is 38.8 Å². The molecule has 2 saturated heterocycles. The molecule has 10 heteroatoms. The van der Waals surface area contributed by atoms with Gasteiger partial charge >= 0.3 is 5.51 Å². The molecule has 0 saturated carbocycles. The van der Waals surface area contributed by atoms with Crippen molar-refractivity contribution < 1.29 is 18.0 Å². The molecule has 2 fully saturated rings. The van der Waals surface area contributed by atoms with E-state index in [0.717, 1.165) is 75.8 Å². The molecule has 2 aromatic rings. The standard InChI is InChI=1S/C26H32ClF3N4OS/c27-20-3-5-22(6-4-20)34-18-16-32(17-19-34)13-1-2-25(35)31-21-11-14-33(15-12-21)23-7-9-24(10-8-23)36-26(28,29)30/h3-10,21H,1-2,11-19H2,(H,31,35). The predicted molar refractivity (Wildman–Crippen MR) is 141 cm³/mol. The molecule has 5 nitrogen and oxygen atoms in total. The van der Waals surface area contributed by atoms with E-state index in [0.29, 0.717) is 6.42 Å². The molecule has 0 spiro atoms. The largest absolute Gasteiger partial charge is 0.446 e. The molecule has 2 aliphatic rings. The van der Waals surface area contributed by atoms with Crippen molar-refractivity contribution >= 4 is 40.6 Å². The summed E-state index contributed by atoms with van der Waals surface area (Å²) in [7, 11) is 0. The number of halogens is 4. The van der Waals surface area contributed by atoms with Crippen molar-refractivity contribution in [3.8, 4) is 0 Å². The zero-order chi connectivity index (χ0) is 25.5. The van der Waals surface area contributed by atoms with Gasteiger partial charge in [-0.2, -0.15) is 13.2 Å². The summed E-state index contributed by atoms with van der Waals surface area (Å²) in [5.41, 5.74) is -2.16. The molecule has 0 atom stereocenters. The third kappa shape index (κ3) is 8.21. The van der Waals surface area contributed by atoms with Crippen LogP contribution in [-0.2, 0) is 4.79 Å². The zero-order valence-corrected chi connectivity index (χ0v) is 21.7. The summed E-state index contributed by atoms with van der Waals surface area (Å²) < 4.78 is 37.5. The lowest BCUT2D eigenvalue weighted by molar-refractivity contribution is -0.122. The number of carbonyl (C=O) groups excluding carboxylic acids is 1. The van der Waals surface area contributed by atoms with E-state index in [1.807, 2.05) is 12.1 Å². The van der Waals surface area contributed by atoms with Crippen molar-refractivity contribution in [3.63, 3.8) is 0 Å². The number of alkyl halides is 3. The zero-order valence-electron chi connectivity index (χ0n) is 20.1. The first kappa shape index (κ1) is 26.9. The summed E-state index contributed by atoms with van der Waals surface area (Å²) in [6.07, 6.45) is 3.03. The molecule has 196 valence electrons. The number of nitrogens with one attached hydrogen (secondary N) is 1. The van der Waals surface area contributed by atoms with Crippen LogP contribution in [0.4, 0.5) is 24.5 Å². The highest BCUT2D eigenvalue weighted by atomic mass is 35.5. The van der Waals surface area contributed by atoms with Crippen LogP contribution in [0.25, 0.3) is 0 Å². The van der Waals surface area contributed by atoms with E-state index in [-0.39, 0.29) is 28.6 Å². The lowest BCUT2D eigenvalue weighted by Gasteiger charge is -2.36. The molecule has 4 rings (SSSR count). The number of benzene rings is 2. The van der Waals surface area contributed by atoms with Crippen molar-refractivity contribution in [1.29, 1.82) is 0 Å². The van der Waals surface area contributed by atoms with Crippen molar-refractivity contribution in [2.45, 2.75) is 42.1 Å². The number of hydrogen-bond donors (Lipinski definition) is 1. The second-order valence-electron chi connectivity index (χ2n) is 9.28. The van der Waals surface area contributed by atoms with Crippen LogP contribution in [0.5, 0.6) is 0 Å². The molecule has 0 aromatic heterocycles. The van der Waals surface area contributed by atoms with Crippen LogP contribution in [0, 0.1) is 0 Å². The predicted octanol–water partition coefficient (Wildman–Crippen LogP) is 5.64. The van der Waals surface area contributed by atoms with Crippen molar-refractivity contribution in [1.82, 2.24) is 10.2 Å². The van der Waals surface area contributed by atoms with Crippen LogP contribution in [0.15, 0.2) is 53.4 Å². The van der Waals surface area contributed by atoms with Crippen LogP contribution in [0.1, 0.15) is 25.7 Å². The molecule has 0 unspecified atom stereocenters. The average molecular weight is 541 g/mol. The highest BCUT2D eigenvalue weighted by Crippen LogP contribution is 2.37. The summed E-state index contributed by atoms with van der Waals surface area (Å²) in [4.78, 5) is 19.6. The van der Waals surface area contributed by atoms with E-state index >= 15 is 0 Å². The molecular formula is C26H32ClF3N4OS. The first-order valence-electron chi connectivity index (χ1n) is 12.4. The first-order chi connectivity index (χ1) is 17.2. The molecule has 2 aliphatic heterocycles. The number of nitrogens with zero attached hydrogens (tertiary/aromatic N) is 3. The van der Waals surface area contributed by atoms with E-state index in [1.165, 1.54) is 17.8 Å². The quantitative estimate of drug-likeness (QED) is 0.439. The molecule has 1 amide bonds. The fraction of sp³-hybridized carbons (Fsp3) is 0.500. The third-order valence-corrected chi connectivity index (χ3v) is 7.73. The van der Waals surface area contributed by atoms with Crippen molar-refractivity contribution in [3.05, 3.63) is 53.6 Å². The normalized spacial score (nSPS) is 17.9. The number of hydrogen-bond acceptors (Lipinski definition) is 5. The van der Waals surface area contributed by atoms with E-state index in [1.54, 1.807) is 12.1 Å². The minimum atomic E-state index is -4.27. The van der Waals surface area contributed by atoms with Gasteiger partial charge in [0.05, 0.1) is 0 Å². The highest BCUT2D eigenvalue weighted by Gasteiger charge is 2.29. The molecule has 1 N–H and O–H groups in total. The second-order valence-corrected chi connectivity index (χ2v) is 10.9. The van der Waals surface area contributed by atoms with Crippen LogP contribution < -0.4 is 15.1 Å². The minimum absolute atomic E-state index is 0.0970. The summed E-state index contributed by atoms with van der Waals surface area (Å²) in [5.74, 6) is 0.0989. The van der Waals surface area contributed by atoms with Gasteiger partial charge in [-0.25, -0.2) is 0 Å². The first-order valence-corrected chi connectivity index (χ1v) is 13.6. The Balaban J connectivity index is 1.10. The molecule has 2 heterocycles. The summed E-state index contributed by atoms with van der Waals surface area (Å²) >= 11 is 5.88. The Labute approximate surface area is 219 Å². The number of piperidine rings is 1. The third-order valence-electron chi connectivity index (χ3n) is 6.74. The van der Waals surface area contributed by atoms with Crippen LogP contribution in [0.3, 0.4) is 0 Å². The van der Waals surface area contributed by atoms with Gasteiger partial charge in [0.1, 0.15) is 0 Å². The van der Waals surface area contributed by atoms with E-state index in [9.17, 15) is 18.0 Å². The van der Waals surface area contributed by atoms with Gasteiger partial charge in [-0.1, -0.05) is 11.6 Å². The van der Waals surface area contributed by atoms with E-state index < -0.39 is 5.51 Å². The van der Waals surface area contributed by atoms with Gasteiger partial charge in [-0.15, -0.1) is 0 Å². The number of thioether (sulfide) groups is 1. The molecular weight excluding hydrogens is 509 g/mol. The smallest absolute Gasteiger partial charge is 0.371 e. The minimum Gasteiger partial charge on any atom is -0.371 e. The Morgan fingerprint density at radius 2 is 1.44 bits per heavy atom. The monoisotopic (exact) mass is 540 g/mol. The van der Waals surface area contributed by atoms with Gasteiger partial charge in [0, 0.05) is 73.0 Å². The molecule has 0 aliphatic carbocycles. The van der Waals surface area contributed by atoms with Crippen molar-refractivity contribution in [2.24, 2.45) is 0 Å². The van der Waals surface area contributed by atoms with Gasteiger partial charge in [-0.3, -0.25) is 9.69 Å². The Morgan fingerprint density at radius 1 is 0.889 bits per heavy atom. The van der Waals surface area contributed by atoms with Gasteiger partial charge in [0.25, 0.3) is 0 Å². The SMILES string of the molecule is O=C(CCCN1CCN(c2ccc(Cl)cc2)CC1)NC1CCN(c2ccc(SC(F)(F)F)cc2)CC1. The maximum absolute atomic E-state index is 12.5. The Kier molecular flexibility index (Phi) is 9.30. The average Bonchev–Trinajstić information content (AvgIpc) is 2.85.